The summed E-state index contributed by atoms with van der Waals surface area (Å²) in [5, 5.41) is 4.04. The highest BCUT2D eigenvalue weighted by atomic mass is 16.1. The average molecular weight is 283 g/mol. The number of H-pyrrole nitrogens is 1. The Labute approximate surface area is 124 Å². The SMILES string of the molecule is O=CNc1ccc2[nH]c3c(c2c1)CC(N1CCCC1)CC3. The van der Waals surface area contributed by atoms with Gasteiger partial charge in [0.2, 0.25) is 6.41 Å². The number of nitrogens with zero attached hydrogens (tertiary/aromatic N) is 1. The van der Waals surface area contributed by atoms with E-state index in [1.165, 1.54) is 54.5 Å². The van der Waals surface area contributed by atoms with E-state index in [-0.39, 0.29) is 0 Å². The quantitative estimate of drug-likeness (QED) is 0.851. The number of nitrogens with one attached hydrogen (secondary N) is 2. The Bertz CT molecular complexity index is 670. The normalized spacial score (nSPS) is 22.4. The molecule has 1 amide bonds. The van der Waals surface area contributed by atoms with Gasteiger partial charge in [0.05, 0.1) is 0 Å². The van der Waals surface area contributed by atoms with E-state index in [1.54, 1.807) is 0 Å². The van der Waals surface area contributed by atoms with Crippen LogP contribution in [0.2, 0.25) is 0 Å². The van der Waals surface area contributed by atoms with Crippen LogP contribution in [0, 0.1) is 0 Å². The molecule has 0 radical (unpaired) electrons. The van der Waals surface area contributed by atoms with Crippen LogP contribution in [0.25, 0.3) is 10.9 Å². The summed E-state index contributed by atoms with van der Waals surface area (Å²) in [5.74, 6) is 0. The number of aromatic amines is 1. The fraction of sp³-hybridized carbons (Fsp3) is 0.471. The Kier molecular flexibility index (Phi) is 3.19. The molecule has 2 aromatic rings. The van der Waals surface area contributed by atoms with Crippen LogP contribution in [0.3, 0.4) is 0 Å². The molecule has 4 nitrogen and oxygen atoms in total. The summed E-state index contributed by atoms with van der Waals surface area (Å²) in [4.78, 5) is 16.9. The predicted octanol–water partition coefficient (Wildman–Crippen LogP) is 2.69. The van der Waals surface area contributed by atoms with Crippen molar-refractivity contribution in [1.29, 1.82) is 0 Å². The van der Waals surface area contributed by atoms with Crippen LogP contribution in [-0.4, -0.2) is 35.4 Å². The van der Waals surface area contributed by atoms with Gasteiger partial charge in [-0.15, -0.1) is 0 Å². The summed E-state index contributed by atoms with van der Waals surface area (Å²) in [5.41, 5.74) is 4.92. The number of hydrogen-bond acceptors (Lipinski definition) is 2. The molecule has 1 fully saturated rings. The van der Waals surface area contributed by atoms with Gasteiger partial charge in [-0.2, -0.15) is 0 Å². The second kappa shape index (κ2) is 5.19. The highest BCUT2D eigenvalue weighted by Crippen LogP contribution is 2.33. The van der Waals surface area contributed by atoms with Crippen molar-refractivity contribution < 1.29 is 4.79 Å². The van der Waals surface area contributed by atoms with E-state index in [9.17, 15) is 4.79 Å². The second-order valence-corrected chi connectivity index (χ2v) is 6.24. The highest BCUT2D eigenvalue weighted by Gasteiger charge is 2.28. The van der Waals surface area contributed by atoms with Gasteiger partial charge in [-0.05, 0) is 69.0 Å². The number of amides is 1. The smallest absolute Gasteiger partial charge is 0.211 e. The molecule has 1 aromatic heterocycles. The lowest BCUT2D eigenvalue weighted by atomic mass is 9.90. The highest BCUT2D eigenvalue weighted by molar-refractivity contribution is 5.89. The minimum absolute atomic E-state index is 0.696. The van der Waals surface area contributed by atoms with Crippen LogP contribution in [-0.2, 0) is 17.6 Å². The molecule has 1 aromatic carbocycles. The fourth-order valence-electron chi connectivity index (χ4n) is 3.97. The van der Waals surface area contributed by atoms with Crippen LogP contribution in [0.1, 0.15) is 30.5 Å². The van der Waals surface area contributed by atoms with Gasteiger partial charge < -0.3 is 15.2 Å². The van der Waals surface area contributed by atoms with E-state index >= 15 is 0 Å². The van der Waals surface area contributed by atoms with Gasteiger partial charge in [0.25, 0.3) is 0 Å². The first-order valence-corrected chi connectivity index (χ1v) is 7.93. The van der Waals surface area contributed by atoms with Gasteiger partial charge in [-0.3, -0.25) is 4.79 Å². The second-order valence-electron chi connectivity index (χ2n) is 6.24. The zero-order valence-electron chi connectivity index (χ0n) is 12.2. The molecule has 1 aliphatic carbocycles. The van der Waals surface area contributed by atoms with Crippen LogP contribution in [0.15, 0.2) is 18.2 Å². The van der Waals surface area contributed by atoms with Crippen LogP contribution in [0.4, 0.5) is 5.69 Å². The standard InChI is InChI=1S/C17H21N3O/c21-11-18-12-3-5-16-14(9-12)15-10-13(4-6-17(15)19-16)20-7-1-2-8-20/h3,5,9,11,13,19H,1-2,4,6-8,10H2,(H,18,21). The molecule has 0 spiro atoms. The average Bonchev–Trinajstić information content (AvgIpc) is 3.14. The van der Waals surface area contributed by atoms with Crippen molar-refractivity contribution in [3.63, 3.8) is 0 Å². The molecule has 1 saturated heterocycles. The molecule has 1 atom stereocenters. The Morgan fingerprint density at radius 1 is 1.29 bits per heavy atom. The van der Waals surface area contributed by atoms with Crippen molar-refractivity contribution in [1.82, 2.24) is 9.88 Å². The number of likely N-dealkylation sites (tertiary alicyclic amines) is 1. The maximum atomic E-state index is 10.6. The van der Waals surface area contributed by atoms with Gasteiger partial charge in [0, 0.05) is 28.3 Å². The summed E-state index contributed by atoms with van der Waals surface area (Å²) in [6, 6.07) is 6.83. The molecule has 110 valence electrons. The third-order valence-corrected chi connectivity index (χ3v) is 5.04. The molecule has 0 bridgehead atoms. The monoisotopic (exact) mass is 283 g/mol. The van der Waals surface area contributed by atoms with Gasteiger partial charge in [0.1, 0.15) is 0 Å². The Balaban J connectivity index is 1.69. The molecule has 4 heteroatoms. The van der Waals surface area contributed by atoms with Crippen molar-refractivity contribution >= 4 is 23.0 Å². The molecular weight excluding hydrogens is 262 g/mol. The van der Waals surface area contributed by atoms with E-state index in [1.807, 2.05) is 6.07 Å². The van der Waals surface area contributed by atoms with E-state index in [0.717, 1.165) is 24.9 Å². The lowest BCUT2D eigenvalue weighted by Crippen LogP contribution is -2.37. The lowest BCUT2D eigenvalue weighted by Gasteiger charge is -2.31. The molecule has 1 unspecified atom stereocenters. The van der Waals surface area contributed by atoms with E-state index in [4.69, 9.17) is 0 Å². The van der Waals surface area contributed by atoms with Crippen LogP contribution >= 0.6 is 0 Å². The van der Waals surface area contributed by atoms with Gasteiger partial charge in [-0.1, -0.05) is 0 Å². The summed E-state index contributed by atoms with van der Waals surface area (Å²) < 4.78 is 0. The van der Waals surface area contributed by atoms with Crippen molar-refractivity contribution in [2.45, 2.75) is 38.1 Å². The lowest BCUT2D eigenvalue weighted by molar-refractivity contribution is -0.105. The zero-order valence-corrected chi connectivity index (χ0v) is 12.2. The number of benzene rings is 1. The minimum Gasteiger partial charge on any atom is -0.358 e. The van der Waals surface area contributed by atoms with Gasteiger partial charge >= 0.3 is 0 Å². The topological polar surface area (TPSA) is 48.1 Å². The number of fused-ring (bicyclic) bond motifs is 3. The summed E-state index contributed by atoms with van der Waals surface area (Å²) in [6.45, 7) is 2.53. The third kappa shape index (κ3) is 2.23. The van der Waals surface area contributed by atoms with E-state index in [0.29, 0.717) is 6.04 Å². The number of rotatable bonds is 3. The molecule has 2 N–H and O–H groups in total. The number of aromatic nitrogens is 1. The number of carbonyl (C=O) groups is 1. The Morgan fingerprint density at radius 2 is 2.14 bits per heavy atom. The number of carbonyl (C=O) groups excluding carboxylic acids is 1. The number of anilines is 1. The molecule has 1 aliphatic heterocycles. The molecule has 0 saturated carbocycles. The van der Waals surface area contributed by atoms with Gasteiger partial charge in [-0.25, -0.2) is 0 Å². The third-order valence-electron chi connectivity index (χ3n) is 5.04. The van der Waals surface area contributed by atoms with Crippen molar-refractivity contribution in [2.75, 3.05) is 18.4 Å². The summed E-state index contributed by atoms with van der Waals surface area (Å²) in [7, 11) is 0. The van der Waals surface area contributed by atoms with Crippen molar-refractivity contribution in [3.8, 4) is 0 Å². The van der Waals surface area contributed by atoms with Crippen molar-refractivity contribution in [2.24, 2.45) is 0 Å². The van der Waals surface area contributed by atoms with E-state index < -0.39 is 0 Å². The maximum absolute atomic E-state index is 10.6. The first-order chi connectivity index (χ1) is 10.3. The summed E-state index contributed by atoms with van der Waals surface area (Å²) in [6.07, 6.45) is 6.99. The fourth-order valence-corrected chi connectivity index (χ4v) is 3.97. The Morgan fingerprint density at radius 3 is 2.95 bits per heavy atom. The molecular formula is C17H21N3O. The van der Waals surface area contributed by atoms with Crippen molar-refractivity contribution in [3.05, 3.63) is 29.5 Å². The Hall–Kier alpha value is -1.81. The maximum Gasteiger partial charge on any atom is 0.211 e. The number of hydrogen-bond donors (Lipinski definition) is 2. The molecule has 21 heavy (non-hydrogen) atoms. The molecule has 4 rings (SSSR count). The molecule has 2 heterocycles. The molecule has 2 aliphatic rings. The van der Waals surface area contributed by atoms with Gasteiger partial charge in [0.15, 0.2) is 0 Å². The summed E-state index contributed by atoms with van der Waals surface area (Å²) >= 11 is 0. The zero-order chi connectivity index (χ0) is 14.2. The number of aryl methyl sites for hydroxylation is 1. The minimum atomic E-state index is 0.696. The van der Waals surface area contributed by atoms with Crippen LogP contribution < -0.4 is 5.32 Å². The first-order valence-electron chi connectivity index (χ1n) is 7.93. The van der Waals surface area contributed by atoms with E-state index in [2.05, 4.69) is 27.3 Å². The largest absolute Gasteiger partial charge is 0.358 e. The van der Waals surface area contributed by atoms with Crippen LogP contribution in [0.5, 0.6) is 0 Å². The predicted molar refractivity (Wildman–Crippen MR) is 84.6 cm³/mol. The first kappa shape index (κ1) is 12.9.